The van der Waals surface area contributed by atoms with Gasteiger partial charge in [0.15, 0.2) is 0 Å². The fraction of sp³-hybridized carbons (Fsp3) is 0. The topological polar surface area (TPSA) is 69.7 Å². The Morgan fingerprint density at radius 1 is 0.800 bits per heavy atom. The molecule has 4 nitrogen and oxygen atoms in total. The van der Waals surface area contributed by atoms with E-state index in [2.05, 4.69) is 36.9 Å². The third-order valence-electron chi connectivity index (χ3n) is 2.22. The van der Waals surface area contributed by atoms with Gasteiger partial charge in [-0.25, -0.2) is 0 Å². The summed E-state index contributed by atoms with van der Waals surface area (Å²) in [5, 5.41) is 17.4. The molecule has 0 aromatic heterocycles. The molecule has 0 atom stereocenters. The number of anilines is 2. The van der Waals surface area contributed by atoms with E-state index in [0.29, 0.717) is 0 Å². The number of benzene rings is 2. The first-order chi connectivity index (χ1) is 9.52. The van der Waals surface area contributed by atoms with Gasteiger partial charge in [-0.1, -0.05) is 0 Å². The first-order valence-electron chi connectivity index (χ1n) is 5.64. The molecule has 6 heteroatoms. The van der Waals surface area contributed by atoms with Crippen LogP contribution in [0.1, 0.15) is 0 Å². The summed E-state index contributed by atoms with van der Waals surface area (Å²) in [6, 6.07) is 19.4. The number of hydrogen-bond donors (Lipinski definition) is 3. The van der Waals surface area contributed by atoms with Gasteiger partial charge in [0.2, 0.25) is 0 Å². The maximum atomic E-state index is 9.71. The predicted molar refractivity (Wildman–Crippen MR) is 84.6 cm³/mol. The first-order valence-corrected chi connectivity index (χ1v) is 7.35. The number of aliphatic hydroxyl groups excluding tert-OH is 2. The minimum atomic E-state index is -0.208. The van der Waals surface area contributed by atoms with Crippen LogP contribution in [0.3, 0.4) is 0 Å². The molecule has 2 aromatic carbocycles. The Hall–Kier alpha value is -1.58. The summed E-state index contributed by atoms with van der Waals surface area (Å²) < 4.78 is -0.0719. The number of aliphatic hydroxyl groups is 2. The Morgan fingerprint density at radius 3 is 1.35 bits per heavy atom. The molecule has 2 rings (SSSR count). The van der Waals surface area contributed by atoms with Crippen LogP contribution in [0, 0.1) is 0 Å². The zero-order valence-corrected chi connectivity index (χ0v) is 13.9. The van der Waals surface area contributed by atoms with Crippen LogP contribution in [-0.4, -0.2) is 50.8 Å². The van der Waals surface area contributed by atoms with E-state index in [1.807, 2.05) is 60.7 Å². The summed E-state index contributed by atoms with van der Waals surface area (Å²) in [6.45, 7) is 0. The fourth-order valence-corrected chi connectivity index (χ4v) is 1.97. The van der Waals surface area contributed by atoms with Crippen LogP contribution >= 0.6 is 0 Å². The molecule has 0 saturated carbocycles. The molecule has 0 saturated heterocycles. The summed E-state index contributed by atoms with van der Waals surface area (Å²) >= 11 is 4.79. The molecule has 0 amide bonds. The summed E-state index contributed by atoms with van der Waals surface area (Å²) in [5.41, 5.74) is 6.37. The van der Waals surface area contributed by atoms with Crippen molar-refractivity contribution >= 4 is 52.0 Å². The summed E-state index contributed by atoms with van der Waals surface area (Å²) in [4.78, 5) is 1.75. The van der Waals surface area contributed by atoms with Crippen molar-refractivity contribution < 1.29 is 10.2 Å². The maximum absolute atomic E-state index is 9.71. The molecule has 0 fully saturated rings. The molecule has 0 spiro atoms. The molecule has 0 aliphatic heterocycles. The van der Waals surface area contributed by atoms with Crippen LogP contribution in [0.15, 0.2) is 60.7 Å². The molecule has 20 heavy (non-hydrogen) atoms. The fourth-order valence-electron chi connectivity index (χ4n) is 1.52. The standard InChI is InChI=1S/C13H11NOSe.CH3NOSe/c15-13(16)14(11-7-3-1-4-8-11)12-9-5-2-6-10-12;2-1(3)4/h1-10H,(H,15,16);(H3,2,3,4). The third-order valence-corrected chi connectivity index (χ3v) is 2.60. The summed E-state index contributed by atoms with van der Waals surface area (Å²) in [5.74, 6) is 0. The second-order valence-corrected chi connectivity index (χ2v) is 5.27. The van der Waals surface area contributed by atoms with Gasteiger partial charge in [-0.05, 0) is 0 Å². The van der Waals surface area contributed by atoms with Gasteiger partial charge in [0, 0.05) is 0 Å². The van der Waals surface area contributed by atoms with Gasteiger partial charge < -0.3 is 0 Å². The second-order valence-electron chi connectivity index (χ2n) is 3.63. The zero-order chi connectivity index (χ0) is 15.0. The van der Waals surface area contributed by atoms with E-state index >= 15 is 0 Å². The molecule has 104 valence electrons. The van der Waals surface area contributed by atoms with Crippen molar-refractivity contribution in [2.45, 2.75) is 0 Å². The van der Waals surface area contributed by atoms with Gasteiger partial charge in [-0.2, -0.15) is 0 Å². The van der Waals surface area contributed by atoms with Crippen LogP contribution in [0.5, 0.6) is 0 Å². The van der Waals surface area contributed by atoms with Gasteiger partial charge in [0.1, 0.15) is 0 Å². The van der Waals surface area contributed by atoms with E-state index < -0.39 is 0 Å². The van der Waals surface area contributed by atoms with Crippen molar-refractivity contribution in [3.8, 4) is 0 Å². The van der Waals surface area contributed by atoms with E-state index in [0.717, 1.165) is 11.4 Å². The number of para-hydroxylation sites is 2. The average Bonchev–Trinajstić information content (AvgIpc) is 2.40. The number of rotatable bonds is 3. The van der Waals surface area contributed by atoms with Crippen LogP contribution in [0.25, 0.3) is 0 Å². The van der Waals surface area contributed by atoms with E-state index in [9.17, 15) is 5.11 Å². The van der Waals surface area contributed by atoms with Gasteiger partial charge >= 0.3 is 133 Å². The van der Waals surface area contributed by atoms with Gasteiger partial charge in [-0.15, -0.1) is 0 Å². The second kappa shape index (κ2) is 8.56. The molecule has 0 aliphatic carbocycles. The van der Waals surface area contributed by atoms with Crippen LogP contribution in [-0.2, 0) is 0 Å². The molecular weight excluding hydrogens is 386 g/mol. The Morgan fingerprint density at radius 2 is 1.10 bits per heavy atom. The molecule has 0 radical (unpaired) electrons. The molecular formula is C14H14N2O2Se2. The van der Waals surface area contributed by atoms with Crippen molar-refractivity contribution in [2.75, 3.05) is 4.90 Å². The normalized spacial score (nSPS) is 9.00. The Labute approximate surface area is 133 Å². The van der Waals surface area contributed by atoms with Gasteiger partial charge in [0.05, 0.1) is 0 Å². The van der Waals surface area contributed by atoms with E-state index in [1.54, 1.807) is 4.90 Å². The van der Waals surface area contributed by atoms with Crippen molar-refractivity contribution in [1.29, 1.82) is 0 Å². The Kier molecular flexibility index (Phi) is 7.05. The Balaban J connectivity index is 0.000000444. The van der Waals surface area contributed by atoms with Crippen LogP contribution < -0.4 is 10.6 Å². The number of nitrogens with two attached hydrogens (primary N) is 1. The van der Waals surface area contributed by atoms with Crippen molar-refractivity contribution in [1.82, 2.24) is 0 Å². The van der Waals surface area contributed by atoms with Gasteiger partial charge in [0.25, 0.3) is 0 Å². The summed E-state index contributed by atoms with van der Waals surface area (Å²) in [7, 11) is 0. The molecule has 4 N–H and O–H groups in total. The van der Waals surface area contributed by atoms with E-state index in [1.165, 1.54) is 0 Å². The Bertz CT molecular complexity index is 518. The zero-order valence-electron chi connectivity index (χ0n) is 10.5. The molecule has 0 bridgehead atoms. The average molecular weight is 400 g/mol. The first kappa shape index (κ1) is 16.5. The molecule has 0 aliphatic rings. The molecule has 2 aromatic rings. The van der Waals surface area contributed by atoms with Crippen molar-refractivity contribution in [3.05, 3.63) is 60.7 Å². The third kappa shape index (κ3) is 5.59. The monoisotopic (exact) mass is 402 g/mol. The molecule has 0 heterocycles. The number of nitrogens with zero attached hydrogens (tertiary/aromatic N) is 1. The van der Waals surface area contributed by atoms with E-state index in [-0.39, 0.29) is 9.45 Å². The van der Waals surface area contributed by atoms with Crippen molar-refractivity contribution in [2.24, 2.45) is 5.73 Å². The SMILES string of the molecule is NC(O)=[Se].OC(=[Se])N(c1ccccc1)c1ccccc1. The quantitative estimate of drug-likeness (QED) is 0.674. The minimum absolute atomic E-state index is 0.136. The molecule has 0 unspecified atom stereocenters. The van der Waals surface area contributed by atoms with Crippen LogP contribution in [0.4, 0.5) is 11.4 Å². The number of hydrogen-bond acceptors (Lipinski definition) is 4. The van der Waals surface area contributed by atoms with Crippen molar-refractivity contribution in [3.63, 3.8) is 0 Å². The van der Waals surface area contributed by atoms with Crippen LogP contribution in [0.2, 0.25) is 0 Å². The van der Waals surface area contributed by atoms with Gasteiger partial charge in [-0.3, -0.25) is 0 Å². The predicted octanol–water partition coefficient (Wildman–Crippen LogP) is 1.03. The van der Waals surface area contributed by atoms with E-state index in [4.69, 9.17) is 5.11 Å². The summed E-state index contributed by atoms with van der Waals surface area (Å²) in [6.07, 6.45) is 0.